The first kappa shape index (κ1) is 19.1. The van der Waals surface area contributed by atoms with Crippen LogP contribution in [-0.2, 0) is 10.0 Å². The highest BCUT2D eigenvalue weighted by Gasteiger charge is 2.23. The second kappa shape index (κ2) is 7.33. The quantitative estimate of drug-likeness (QED) is 0.884. The first-order valence-electron chi connectivity index (χ1n) is 7.78. The lowest BCUT2D eigenvalue weighted by molar-refractivity contribution is 0.102. The van der Waals surface area contributed by atoms with E-state index in [0.29, 0.717) is 11.3 Å². The van der Waals surface area contributed by atoms with E-state index in [9.17, 15) is 17.6 Å². The van der Waals surface area contributed by atoms with Gasteiger partial charge in [-0.05, 0) is 56.7 Å². The van der Waals surface area contributed by atoms with E-state index in [1.165, 1.54) is 41.7 Å². The Bertz CT molecular complexity index is 895. The van der Waals surface area contributed by atoms with E-state index >= 15 is 0 Å². The van der Waals surface area contributed by atoms with Crippen molar-refractivity contribution in [2.75, 3.05) is 12.4 Å². The van der Waals surface area contributed by atoms with E-state index in [0.717, 1.165) is 0 Å². The average molecular weight is 364 g/mol. The van der Waals surface area contributed by atoms with Gasteiger partial charge >= 0.3 is 0 Å². The molecule has 2 rings (SSSR count). The number of carbonyl (C=O) groups excluding carboxylic acids is 1. The molecule has 0 atom stereocenters. The van der Waals surface area contributed by atoms with Crippen LogP contribution < -0.4 is 5.32 Å². The number of carbonyl (C=O) groups is 1. The molecule has 0 saturated heterocycles. The summed E-state index contributed by atoms with van der Waals surface area (Å²) in [7, 11) is -2.20. The predicted molar refractivity (Wildman–Crippen MR) is 95.6 cm³/mol. The van der Waals surface area contributed by atoms with Gasteiger partial charge < -0.3 is 5.32 Å². The molecule has 0 fully saturated rings. The lowest BCUT2D eigenvalue weighted by Crippen LogP contribution is -2.33. The van der Waals surface area contributed by atoms with Crippen LogP contribution in [0.25, 0.3) is 0 Å². The second-order valence-corrected chi connectivity index (χ2v) is 8.06. The average Bonchev–Trinajstić information content (AvgIpc) is 2.57. The molecule has 134 valence electrons. The SMILES string of the molecule is Cc1ccc(NC(=O)c2cccc(S(=O)(=O)N(C)C(C)C)c2)cc1F. The summed E-state index contributed by atoms with van der Waals surface area (Å²) in [5.41, 5.74) is 0.961. The molecule has 0 aromatic heterocycles. The van der Waals surface area contributed by atoms with Gasteiger partial charge in [-0.2, -0.15) is 4.31 Å². The fraction of sp³-hybridized carbons (Fsp3) is 0.278. The van der Waals surface area contributed by atoms with Crippen molar-refractivity contribution in [1.82, 2.24) is 4.31 Å². The van der Waals surface area contributed by atoms with Gasteiger partial charge in [-0.1, -0.05) is 12.1 Å². The smallest absolute Gasteiger partial charge is 0.255 e. The van der Waals surface area contributed by atoms with Crippen molar-refractivity contribution >= 4 is 21.6 Å². The molecule has 0 radical (unpaired) electrons. The number of anilines is 1. The summed E-state index contributed by atoms with van der Waals surface area (Å²) >= 11 is 0. The number of amides is 1. The van der Waals surface area contributed by atoms with Crippen molar-refractivity contribution in [3.8, 4) is 0 Å². The van der Waals surface area contributed by atoms with Gasteiger partial charge in [0.1, 0.15) is 5.82 Å². The molecule has 0 bridgehead atoms. The summed E-state index contributed by atoms with van der Waals surface area (Å²) < 4.78 is 39.9. The molecule has 25 heavy (non-hydrogen) atoms. The Morgan fingerprint density at radius 1 is 1.16 bits per heavy atom. The first-order valence-corrected chi connectivity index (χ1v) is 9.22. The lowest BCUT2D eigenvalue weighted by atomic mass is 10.2. The Morgan fingerprint density at radius 3 is 2.44 bits per heavy atom. The summed E-state index contributed by atoms with van der Waals surface area (Å²) in [5.74, 6) is -0.930. The van der Waals surface area contributed by atoms with Crippen molar-refractivity contribution < 1.29 is 17.6 Å². The Hall–Kier alpha value is -2.25. The summed E-state index contributed by atoms with van der Waals surface area (Å²) in [6, 6.07) is 9.93. The molecule has 2 aromatic rings. The standard InChI is InChI=1S/C18H21FN2O3S/c1-12(2)21(4)25(23,24)16-7-5-6-14(10-16)18(22)20-15-9-8-13(3)17(19)11-15/h5-12H,1-4H3,(H,20,22). The number of hydrogen-bond acceptors (Lipinski definition) is 3. The van der Waals surface area contributed by atoms with Crippen LogP contribution >= 0.6 is 0 Å². The third-order valence-electron chi connectivity index (χ3n) is 3.93. The summed E-state index contributed by atoms with van der Waals surface area (Å²) in [5, 5.41) is 2.57. The van der Waals surface area contributed by atoms with Crippen molar-refractivity contribution in [1.29, 1.82) is 0 Å². The Labute approximate surface area is 147 Å². The van der Waals surface area contributed by atoms with Crippen LogP contribution in [0.4, 0.5) is 10.1 Å². The van der Waals surface area contributed by atoms with Gasteiger partial charge in [-0.15, -0.1) is 0 Å². The van der Waals surface area contributed by atoms with E-state index in [4.69, 9.17) is 0 Å². The molecule has 0 aliphatic heterocycles. The summed E-state index contributed by atoms with van der Waals surface area (Å²) in [6.07, 6.45) is 0. The topological polar surface area (TPSA) is 66.5 Å². The number of halogens is 1. The number of rotatable bonds is 5. The minimum absolute atomic E-state index is 0.0337. The van der Waals surface area contributed by atoms with Crippen LogP contribution in [0.5, 0.6) is 0 Å². The molecule has 0 heterocycles. The molecular formula is C18H21FN2O3S. The molecule has 5 nitrogen and oxygen atoms in total. The number of nitrogens with one attached hydrogen (secondary N) is 1. The number of sulfonamides is 1. The van der Waals surface area contributed by atoms with Crippen LogP contribution in [0, 0.1) is 12.7 Å². The number of aryl methyl sites for hydroxylation is 1. The van der Waals surface area contributed by atoms with E-state index in [-0.39, 0.29) is 16.5 Å². The zero-order valence-electron chi connectivity index (χ0n) is 14.6. The first-order chi connectivity index (χ1) is 11.6. The largest absolute Gasteiger partial charge is 0.322 e. The van der Waals surface area contributed by atoms with Crippen molar-refractivity contribution in [3.05, 3.63) is 59.4 Å². The van der Waals surface area contributed by atoms with E-state index < -0.39 is 21.7 Å². The van der Waals surface area contributed by atoms with Gasteiger partial charge in [0.15, 0.2) is 0 Å². The monoisotopic (exact) mass is 364 g/mol. The van der Waals surface area contributed by atoms with Crippen molar-refractivity contribution in [3.63, 3.8) is 0 Å². The minimum Gasteiger partial charge on any atom is -0.322 e. The molecule has 1 amide bonds. The highest BCUT2D eigenvalue weighted by atomic mass is 32.2. The fourth-order valence-corrected chi connectivity index (χ4v) is 3.53. The minimum atomic E-state index is -3.69. The van der Waals surface area contributed by atoms with Gasteiger partial charge in [0.25, 0.3) is 5.91 Å². The van der Waals surface area contributed by atoms with Crippen LogP contribution in [0.1, 0.15) is 29.8 Å². The Balaban J connectivity index is 2.29. The summed E-state index contributed by atoms with van der Waals surface area (Å²) in [4.78, 5) is 12.4. The van der Waals surface area contributed by atoms with Crippen LogP contribution in [0.2, 0.25) is 0 Å². The normalized spacial score (nSPS) is 11.8. The zero-order chi connectivity index (χ0) is 18.8. The van der Waals surface area contributed by atoms with Crippen LogP contribution in [-0.4, -0.2) is 31.7 Å². The molecule has 0 unspecified atom stereocenters. The highest BCUT2D eigenvalue weighted by Crippen LogP contribution is 2.19. The lowest BCUT2D eigenvalue weighted by Gasteiger charge is -2.21. The molecule has 0 spiro atoms. The molecule has 7 heteroatoms. The van der Waals surface area contributed by atoms with Gasteiger partial charge in [-0.25, -0.2) is 12.8 Å². The van der Waals surface area contributed by atoms with Crippen molar-refractivity contribution in [2.24, 2.45) is 0 Å². The molecule has 0 aliphatic carbocycles. The van der Waals surface area contributed by atoms with E-state index in [1.54, 1.807) is 32.9 Å². The maximum atomic E-state index is 13.6. The number of hydrogen-bond donors (Lipinski definition) is 1. The van der Waals surface area contributed by atoms with E-state index in [1.807, 2.05) is 0 Å². The molecule has 1 N–H and O–H groups in total. The predicted octanol–water partition coefficient (Wildman–Crippen LogP) is 3.42. The highest BCUT2D eigenvalue weighted by molar-refractivity contribution is 7.89. The summed E-state index contributed by atoms with van der Waals surface area (Å²) in [6.45, 7) is 5.15. The van der Waals surface area contributed by atoms with Gasteiger partial charge in [-0.3, -0.25) is 4.79 Å². The van der Waals surface area contributed by atoms with Crippen molar-refractivity contribution in [2.45, 2.75) is 31.7 Å². The van der Waals surface area contributed by atoms with Gasteiger partial charge in [0.05, 0.1) is 4.90 Å². The second-order valence-electron chi connectivity index (χ2n) is 6.06. The number of benzene rings is 2. The van der Waals surface area contributed by atoms with Gasteiger partial charge in [0, 0.05) is 24.3 Å². The van der Waals surface area contributed by atoms with Crippen LogP contribution in [0.3, 0.4) is 0 Å². The Kier molecular flexibility index (Phi) is 5.59. The zero-order valence-corrected chi connectivity index (χ0v) is 15.4. The van der Waals surface area contributed by atoms with E-state index in [2.05, 4.69) is 5.32 Å². The maximum Gasteiger partial charge on any atom is 0.255 e. The van der Waals surface area contributed by atoms with Crippen LogP contribution in [0.15, 0.2) is 47.4 Å². The van der Waals surface area contributed by atoms with Gasteiger partial charge in [0.2, 0.25) is 10.0 Å². The fourth-order valence-electron chi connectivity index (χ4n) is 2.12. The molecule has 2 aromatic carbocycles. The molecule has 0 aliphatic rings. The maximum absolute atomic E-state index is 13.6. The third-order valence-corrected chi connectivity index (χ3v) is 5.96. The molecule has 0 saturated carbocycles. The third kappa shape index (κ3) is 4.24. The number of nitrogens with zero attached hydrogens (tertiary/aromatic N) is 1. The Morgan fingerprint density at radius 2 is 1.84 bits per heavy atom. The molecular weight excluding hydrogens is 343 g/mol.